The predicted molar refractivity (Wildman–Crippen MR) is 110 cm³/mol. The SMILES string of the molecule is O=S(=O)(O)c1ccc(S(=O)(=O)O)c(N=C2C=CC3=C(C2)Sc2ccccc2N3)c1. The highest BCUT2D eigenvalue weighted by Crippen LogP contribution is 2.43. The van der Waals surface area contributed by atoms with E-state index >= 15 is 0 Å². The van der Waals surface area contributed by atoms with Gasteiger partial charge >= 0.3 is 0 Å². The van der Waals surface area contributed by atoms with E-state index in [-0.39, 0.29) is 5.69 Å². The van der Waals surface area contributed by atoms with E-state index in [1.807, 2.05) is 24.3 Å². The van der Waals surface area contributed by atoms with Crippen LogP contribution in [0.4, 0.5) is 11.4 Å². The molecule has 1 heterocycles. The monoisotopic (exact) mass is 450 g/mol. The number of aliphatic imine (C=N–C) groups is 1. The summed E-state index contributed by atoms with van der Waals surface area (Å²) in [4.78, 5) is 5.17. The Kier molecular flexibility index (Phi) is 4.87. The molecule has 0 fully saturated rings. The van der Waals surface area contributed by atoms with Gasteiger partial charge in [0.2, 0.25) is 0 Å². The third kappa shape index (κ3) is 4.14. The van der Waals surface area contributed by atoms with Crippen LogP contribution in [0.1, 0.15) is 6.42 Å². The molecule has 2 aliphatic rings. The number of rotatable bonds is 3. The normalized spacial score (nSPS) is 17.7. The van der Waals surface area contributed by atoms with Gasteiger partial charge in [-0.1, -0.05) is 23.9 Å². The highest BCUT2D eigenvalue weighted by Gasteiger charge is 2.23. The van der Waals surface area contributed by atoms with Gasteiger partial charge in [-0.05, 0) is 42.5 Å². The Hall–Kier alpha value is -2.44. The lowest BCUT2D eigenvalue weighted by atomic mass is 10.1. The summed E-state index contributed by atoms with van der Waals surface area (Å²) in [5.74, 6) is 0. The molecule has 0 spiro atoms. The zero-order valence-electron chi connectivity index (χ0n) is 14.6. The third-order valence-corrected chi connectivity index (χ3v) is 7.18. The first-order valence-corrected chi connectivity index (χ1v) is 11.9. The molecule has 0 radical (unpaired) electrons. The molecule has 11 heteroatoms. The van der Waals surface area contributed by atoms with Crippen molar-refractivity contribution in [3.05, 3.63) is 65.2 Å². The average Bonchev–Trinajstić information content (AvgIpc) is 2.64. The summed E-state index contributed by atoms with van der Waals surface area (Å²) in [5.41, 5.74) is 2.07. The molecular formula is C18H14N2O6S3. The highest BCUT2D eigenvalue weighted by molar-refractivity contribution is 8.03. The maximum Gasteiger partial charge on any atom is 0.296 e. The van der Waals surface area contributed by atoms with Gasteiger partial charge in [0.25, 0.3) is 20.2 Å². The minimum absolute atomic E-state index is 0.277. The first-order chi connectivity index (χ1) is 13.6. The van der Waals surface area contributed by atoms with Crippen LogP contribution in [-0.2, 0) is 20.2 Å². The highest BCUT2D eigenvalue weighted by atomic mass is 32.2. The zero-order valence-corrected chi connectivity index (χ0v) is 17.1. The van der Waals surface area contributed by atoms with Crippen LogP contribution in [0.5, 0.6) is 0 Å². The summed E-state index contributed by atoms with van der Waals surface area (Å²) >= 11 is 1.55. The fraction of sp³-hybridized carbons (Fsp3) is 0.0556. The topological polar surface area (TPSA) is 133 Å². The molecule has 0 amide bonds. The van der Waals surface area contributed by atoms with E-state index in [4.69, 9.17) is 0 Å². The molecule has 3 N–H and O–H groups in total. The zero-order chi connectivity index (χ0) is 20.8. The number of nitrogens with zero attached hydrogens (tertiary/aromatic N) is 1. The van der Waals surface area contributed by atoms with Crippen molar-refractivity contribution in [1.82, 2.24) is 0 Å². The molecule has 4 rings (SSSR count). The van der Waals surface area contributed by atoms with Gasteiger partial charge in [-0.3, -0.25) is 14.1 Å². The summed E-state index contributed by atoms with van der Waals surface area (Å²) < 4.78 is 64.8. The molecule has 2 aromatic carbocycles. The van der Waals surface area contributed by atoms with E-state index < -0.39 is 30.0 Å². The summed E-state index contributed by atoms with van der Waals surface area (Å²) in [5, 5.41) is 3.32. The fourth-order valence-electron chi connectivity index (χ4n) is 2.92. The quantitative estimate of drug-likeness (QED) is 0.604. The number of fused-ring (bicyclic) bond motifs is 1. The summed E-state index contributed by atoms with van der Waals surface area (Å²) in [6, 6.07) is 10.5. The Morgan fingerprint density at radius 3 is 2.45 bits per heavy atom. The van der Waals surface area contributed by atoms with Crippen LogP contribution in [0, 0.1) is 0 Å². The molecular weight excluding hydrogens is 436 g/mol. The van der Waals surface area contributed by atoms with Crippen LogP contribution in [0.25, 0.3) is 0 Å². The molecule has 0 bridgehead atoms. The van der Waals surface area contributed by atoms with Crippen LogP contribution < -0.4 is 5.32 Å². The van der Waals surface area contributed by atoms with Gasteiger partial charge in [-0.15, -0.1) is 0 Å². The molecule has 0 aromatic heterocycles. The van der Waals surface area contributed by atoms with Gasteiger partial charge in [0.15, 0.2) is 0 Å². The van der Waals surface area contributed by atoms with Crippen molar-refractivity contribution in [3.63, 3.8) is 0 Å². The first kappa shape index (κ1) is 19.9. The summed E-state index contributed by atoms with van der Waals surface area (Å²) in [6.45, 7) is 0. The van der Waals surface area contributed by atoms with Crippen molar-refractivity contribution >= 4 is 49.1 Å². The van der Waals surface area contributed by atoms with Crippen molar-refractivity contribution in [2.24, 2.45) is 4.99 Å². The Balaban J connectivity index is 1.73. The van der Waals surface area contributed by atoms with Crippen molar-refractivity contribution in [3.8, 4) is 0 Å². The van der Waals surface area contributed by atoms with E-state index in [0.29, 0.717) is 12.1 Å². The summed E-state index contributed by atoms with van der Waals surface area (Å²) in [6.07, 6.45) is 3.84. The molecule has 1 aliphatic heterocycles. The van der Waals surface area contributed by atoms with E-state index in [1.165, 1.54) is 0 Å². The number of benzene rings is 2. The second kappa shape index (κ2) is 7.11. The maximum absolute atomic E-state index is 11.7. The number of thioether (sulfide) groups is 1. The number of nitrogens with one attached hydrogen (secondary N) is 1. The van der Waals surface area contributed by atoms with E-state index in [0.717, 1.165) is 39.4 Å². The van der Waals surface area contributed by atoms with Crippen LogP contribution in [0.15, 0.2) is 84.9 Å². The van der Waals surface area contributed by atoms with Crippen LogP contribution >= 0.6 is 11.8 Å². The van der Waals surface area contributed by atoms with Gasteiger partial charge in [-0.25, -0.2) is 0 Å². The molecule has 0 saturated heterocycles. The standard InChI is InChI=1S/C18H14N2O6S3/c21-28(22,23)12-6-8-18(29(24,25)26)15(10-12)19-11-5-7-14-17(9-11)27-16-4-2-1-3-13(16)20-14/h1-8,10,20H,9H2,(H,21,22,23)(H,24,25,26). The number of hydrogen-bond acceptors (Lipinski definition) is 7. The largest absolute Gasteiger partial charge is 0.354 e. The van der Waals surface area contributed by atoms with Crippen molar-refractivity contribution < 1.29 is 25.9 Å². The van der Waals surface area contributed by atoms with Gasteiger partial charge < -0.3 is 5.32 Å². The second-order valence-electron chi connectivity index (χ2n) is 6.25. The molecule has 150 valence electrons. The lowest BCUT2D eigenvalue weighted by Gasteiger charge is -2.25. The van der Waals surface area contributed by atoms with Gasteiger partial charge in [0, 0.05) is 27.6 Å². The first-order valence-electron chi connectivity index (χ1n) is 8.23. The molecule has 29 heavy (non-hydrogen) atoms. The third-order valence-electron chi connectivity index (χ3n) is 4.24. The van der Waals surface area contributed by atoms with Gasteiger partial charge in [0.05, 0.1) is 16.3 Å². The Morgan fingerprint density at radius 1 is 0.966 bits per heavy atom. The molecule has 1 aliphatic carbocycles. The molecule has 8 nitrogen and oxygen atoms in total. The van der Waals surface area contributed by atoms with Crippen molar-refractivity contribution in [2.75, 3.05) is 5.32 Å². The van der Waals surface area contributed by atoms with Crippen molar-refractivity contribution in [1.29, 1.82) is 0 Å². The lowest BCUT2D eigenvalue weighted by Crippen LogP contribution is -2.12. The predicted octanol–water partition coefficient (Wildman–Crippen LogP) is 3.64. The second-order valence-corrected chi connectivity index (χ2v) is 10.2. The number of hydrogen-bond donors (Lipinski definition) is 3. The Morgan fingerprint density at radius 2 is 1.72 bits per heavy atom. The Bertz CT molecular complexity index is 1330. The summed E-state index contributed by atoms with van der Waals surface area (Å²) in [7, 11) is -9.22. The van der Waals surface area contributed by atoms with Crippen molar-refractivity contribution in [2.45, 2.75) is 21.1 Å². The van der Waals surface area contributed by atoms with Gasteiger partial charge in [-0.2, -0.15) is 16.8 Å². The molecule has 0 saturated carbocycles. The minimum atomic E-state index is -4.65. The molecule has 0 atom stereocenters. The lowest BCUT2D eigenvalue weighted by molar-refractivity contribution is 0.478. The number of para-hydroxylation sites is 1. The van der Waals surface area contributed by atoms with E-state index in [9.17, 15) is 25.9 Å². The maximum atomic E-state index is 11.7. The van der Waals surface area contributed by atoms with Gasteiger partial charge in [0.1, 0.15) is 4.90 Å². The minimum Gasteiger partial charge on any atom is -0.354 e. The van der Waals surface area contributed by atoms with Crippen LogP contribution in [-0.4, -0.2) is 31.7 Å². The smallest absolute Gasteiger partial charge is 0.296 e. The van der Waals surface area contributed by atoms with E-state index in [2.05, 4.69) is 10.3 Å². The number of allylic oxidation sites excluding steroid dienone is 3. The number of anilines is 1. The average molecular weight is 451 g/mol. The molecule has 2 aromatic rings. The van der Waals surface area contributed by atoms with Crippen LogP contribution in [0.3, 0.4) is 0 Å². The molecule has 0 unspecified atom stereocenters. The van der Waals surface area contributed by atoms with E-state index in [1.54, 1.807) is 23.9 Å². The fourth-order valence-corrected chi connectivity index (χ4v) is 5.12. The Labute approximate surface area is 171 Å². The van der Waals surface area contributed by atoms with Crippen LogP contribution in [0.2, 0.25) is 0 Å².